The van der Waals surface area contributed by atoms with Crippen LogP contribution < -0.4 is 5.32 Å². The molecule has 0 bridgehead atoms. The molecule has 0 heterocycles. The topological polar surface area (TPSA) is 103 Å². The van der Waals surface area contributed by atoms with Crippen LogP contribution in [0.2, 0.25) is 0 Å². The maximum absolute atomic E-state index is 10.5. The van der Waals surface area contributed by atoms with Crippen molar-refractivity contribution in [2.24, 2.45) is 0 Å². The summed E-state index contributed by atoms with van der Waals surface area (Å²) in [5.74, 6) is -1.90. The van der Waals surface area contributed by atoms with Crippen LogP contribution in [0.4, 0.5) is 0 Å². The van der Waals surface area contributed by atoms with Crippen molar-refractivity contribution in [3.8, 4) is 0 Å². The first-order valence-corrected chi connectivity index (χ1v) is 2.78. The lowest BCUT2D eigenvalue weighted by molar-refractivity contribution is -0.140. The molecule has 1 amide bonds. The molecule has 0 radical (unpaired) electrons. The smallest absolute Gasteiger partial charge is 0.344 e. The van der Waals surface area contributed by atoms with Crippen molar-refractivity contribution in [3.63, 3.8) is 0 Å². The van der Waals surface area contributed by atoms with Crippen molar-refractivity contribution < 1.29 is 19.5 Å². The molecule has 0 aliphatic carbocycles. The molecule has 0 aromatic rings. The standard InChI is InChI=1S/C5H7N3O3/c1-3(5(10)11)8-4(9)2-7-6/h2-3H,1H3,(H,8,9)(H,10,11). The van der Waals surface area contributed by atoms with Crippen LogP contribution in [-0.4, -0.2) is 34.0 Å². The molecule has 0 aliphatic heterocycles. The lowest BCUT2D eigenvalue weighted by atomic mass is 10.3. The Kier molecular flexibility index (Phi) is 3.55. The Morgan fingerprint density at radius 2 is 2.27 bits per heavy atom. The van der Waals surface area contributed by atoms with Crippen LogP contribution in [0.3, 0.4) is 0 Å². The van der Waals surface area contributed by atoms with E-state index < -0.39 is 17.9 Å². The highest BCUT2D eigenvalue weighted by molar-refractivity contribution is 6.24. The zero-order valence-electron chi connectivity index (χ0n) is 5.81. The van der Waals surface area contributed by atoms with Gasteiger partial charge in [-0.05, 0) is 6.92 Å². The number of aliphatic carboxylic acids is 1. The van der Waals surface area contributed by atoms with Gasteiger partial charge in [0.2, 0.25) is 0 Å². The summed E-state index contributed by atoms with van der Waals surface area (Å²) in [6.45, 7) is 1.30. The number of rotatable bonds is 3. The monoisotopic (exact) mass is 157 g/mol. The highest BCUT2D eigenvalue weighted by Crippen LogP contribution is 1.78. The van der Waals surface area contributed by atoms with Gasteiger partial charge in [0.05, 0.1) is 0 Å². The molecule has 0 rings (SSSR count). The largest absolute Gasteiger partial charge is 0.480 e. The number of carbonyl (C=O) groups excluding carboxylic acids is 1. The number of carbonyl (C=O) groups is 2. The van der Waals surface area contributed by atoms with Gasteiger partial charge >= 0.3 is 18.1 Å². The summed E-state index contributed by atoms with van der Waals surface area (Å²) in [4.78, 5) is 23.0. The first-order chi connectivity index (χ1) is 5.07. The third kappa shape index (κ3) is 3.83. The fraction of sp³-hybridized carbons (Fsp3) is 0.400. The van der Waals surface area contributed by atoms with Gasteiger partial charge in [-0.3, -0.25) is 9.59 Å². The predicted molar refractivity (Wildman–Crippen MR) is 34.9 cm³/mol. The maximum atomic E-state index is 10.5. The molecule has 0 fully saturated rings. The Labute approximate surface area is 62.4 Å². The van der Waals surface area contributed by atoms with E-state index in [4.69, 9.17) is 10.6 Å². The van der Waals surface area contributed by atoms with Crippen molar-refractivity contribution in [3.05, 3.63) is 5.53 Å². The summed E-state index contributed by atoms with van der Waals surface area (Å²) < 4.78 is 0. The molecule has 2 N–H and O–H groups in total. The molecular weight excluding hydrogens is 150 g/mol. The Morgan fingerprint density at radius 1 is 1.73 bits per heavy atom. The second-order valence-electron chi connectivity index (χ2n) is 1.81. The van der Waals surface area contributed by atoms with Crippen LogP contribution >= 0.6 is 0 Å². The van der Waals surface area contributed by atoms with Crippen molar-refractivity contribution >= 4 is 18.1 Å². The van der Waals surface area contributed by atoms with Gasteiger partial charge in [-0.25, -0.2) is 0 Å². The highest BCUT2D eigenvalue weighted by atomic mass is 16.4. The van der Waals surface area contributed by atoms with Crippen LogP contribution in [-0.2, 0) is 9.59 Å². The number of carboxylic acids is 1. The first-order valence-electron chi connectivity index (χ1n) is 2.78. The van der Waals surface area contributed by atoms with E-state index in [2.05, 4.69) is 4.79 Å². The maximum Gasteiger partial charge on any atom is 0.344 e. The molecule has 0 aromatic carbocycles. The summed E-state index contributed by atoms with van der Waals surface area (Å²) in [5.41, 5.74) is 7.85. The second-order valence-corrected chi connectivity index (χ2v) is 1.81. The first kappa shape index (κ1) is 9.32. The lowest BCUT2D eigenvalue weighted by Gasteiger charge is -2.02. The molecule has 0 spiro atoms. The summed E-state index contributed by atoms with van der Waals surface area (Å²) in [7, 11) is 0. The zero-order valence-corrected chi connectivity index (χ0v) is 5.81. The van der Waals surface area contributed by atoms with E-state index in [9.17, 15) is 9.59 Å². The molecule has 1 unspecified atom stereocenters. The Hall–Kier alpha value is -1.68. The SMILES string of the molecule is CC(NC(=O)C=[N+]=[N-])C(=O)O. The molecule has 0 aliphatic rings. The predicted octanol–water partition coefficient (Wildman–Crippen LogP) is -1.12. The fourth-order valence-electron chi connectivity index (χ4n) is 0.365. The Bertz CT molecular complexity index is 219. The Morgan fingerprint density at radius 3 is 2.64 bits per heavy atom. The molecule has 6 heteroatoms. The average molecular weight is 157 g/mol. The van der Waals surface area contributed by atoms with Crippen molar-refractivity contribution in [1.29, 1.82) is 0 Å². The van der Waals surface area contributed by atoms with Crippen LogP contribution in [0.15, 0.2) is 0 Å². The van der Waals surface area contributed by atoms with E-state index in [1.165, 1.54) is 6.92 Å². The number of nitrogens with one attached hydrogen (secondary N) is 1. The molecule has 0 saturated carbocycles. The number of carboxylic acid groups (broad SMARTS) is 1. The summed E-state index contributed by atoms with van der Waals surface area (Å²) in [5, 5.41) is 10.3. The van der Waals surface area contributed by atoms with Crippen LogP contribution in [0, 0.1) is 0 Å². The fourth-order valence-corrected chi connectivity index (χ4v) is 0.365. The molecule has 0 aromatic heterocycles. The van der Waals surface area contributed by atoms with Crippen molar-refractivity contribution in [2.45, 2.75) is 13.0 Å². The van der Waals surface area contributed by atoms with Crippen LogP contribution in [0.1, 0.15) is 6.92 Å². The van der Waals surface area contributed by atoms with Gasteiger partial charge in [0, 0.05) is 0 Å². The zero-order chi connectivity index (χ0) is 8.85. The number of amides is 1. The van der Waals surface area contributed by atoms with Crippen LogP contribution in [0.5, 0.6) is 0 Å². The van der Waals surface area contributed by atoms with Gasteiger partial charge in [-0.2, -0.15) is 4.79 Å². The van der Waals surface area contributed by atoms with E-state index in [1.807, 2.05) is 5.32 Å². The third-order valence-corrected chi connectivity index (χ3v) is 0.904. The molecular formula is C5H7N3O3. The molecule has 11 heavy (non-hydrogen) atoms. The molecule has 1 atom stereocenters. The van der Waals surface area contributed by atoms with E-state index in [-0.39, 0.29) is 0 Å². The highest BCUT2D eigenvalue weighted by Gasteiger charge is 2.13. The lowest BCUT2D eigenvalue weighted by Crippen LogP contribution is -2.38. The average Bonchev–Trinajstić information content (AvgIpc) is 1.87. The van der Waals surface area contributed by atoms with Gasteiger partial charge in [-0.15, -0.1) is 0 Å². The molecule has 6 nitrogen and oxygen atoms in total. The molecule has 0 saturated heterocycles. The van der Waals surface area contributed by atoms with Gasteiger partial charge in [0.25, 0.3) is 0 Å². The summed E-state index contributed by atoms with van der Waals surface area (Å²) in [6, 6.07) is -0.986. The number of hydrogen-bond acceptors (Lipinski definition) is 2. The van der Waals surface area contributed by atoms with E-state index >= 15 is 0 Å². The van der Waals surface area contributed by atoms with E-state index in [1.54, 1.807) is 0 Å². The van der Waals surface area contributed by atoms with Gasteiger partial charge < -0.3 is 16.0 Å². The van der Waals surface area contributed by atoms with Crippen molar-refractivity contribution in [2.75, 3.05) is 0 Å². The van der Waals surface area contributed by atoms with E-state index in [0.29, 0.717) is 6.21 Å². The quantitative estimate of drug-likeness (QED) is 0.308. The van der Waals surface area contributed by atoms with Crippen LogP contribution in [0.25, 0.3) is 5.53 Å². The summed E-state index contributed by atoms with van der Waals surface area (Å²) >= 11 is 0. The number of hydrogen-bond donors (Lipinski definition) is 2. The van der Waals surface area contributed by atoms with Gasteiger partial charge in [-0.1, -0.05) is 0 Å². The third-order valence-electron chi connectivity index (χ3n) is 0.904. The number of nitrogens with zero attached hydrogens (tertiary/aromatic N) is 2. The van der Waals surface area contributed by atoms with E-state index in [0.717, 1.165) is 0 Å². The van der Waals surface area contributed by atoms with Crippen molar-refractivity contribution in [1.82, 2.24) is 5.32 Å². The summed E-state index contributed by atoms with van der Waals surface area (Å²) in [6.07, 6.45) is 0.583. The van der Waals surface area contributed by atoms with Gasteiger partial charge in [0.1, 0.15) is 6.04 Å². The minimum absolute atomic E-state index is 0.583. The minimum Gasteiger partial charge on any atom is -0.480 e. The second kappa shape index (κ2) is 4.19. The Balaban J connectivity index is 3.94. The minimum atomic E-state index is -1.15. The molecule has 60 valence electrons. The van der Waals surface area contributed by atoms with Gasteiger partial charge in [0.15, 0.2) is 0 Å². The normalized spacial score (nSPS) is 11.0.